The van der Waals surface area contributed by atoms with E-state index >= 15 is 0 Å². The van der Waals surface area contributed by atoms with Crippen LogP contribution in [0.5, 0.6) is 0 Å². The van der Waals surface area contributed by atoms with Crippen LogP contribution in [0.1, 0.15) is 5.56 Å². The van der Waals surface area contributed by atoms with Gasteiger partial charge in [0.25, 0.3) is 0 Å². The predicted molar refractivity (Wildman–Crippen MR) is 64.1 cm³/mol. The van der Waals surface area contributed by atoms with E-state index in [1.807, 2.05) is 0 Å². The van der Waals surface area contributed by atoms with Crippen molar-refractivity contribution in [3.8, 4) is 11.3 Å². The van der Waals surface area contributed by atoms with E-state index in [1.165, 1.54) is 12.1 Å². The number of nitrogens with zero attached hydrogens (tertiary/aromatic N) is 3. The summed E-state index contributed by atoms with van der Waals surface area (Å²) >= 11 is 5.74. The fraction of sp³-hybridized carbons (Fsp3) is 0.100. The van der Waals surface area contributed by atoms with Gasteiger partial charge in [0.15, 0.2) is 5.82 Å². The molecule has 1 aromatic carbocycles. The number of anilines is 2. The number of nitrogen functional groups attached to an aromatic ring is 2. The Morgan fingerprint density at radius 2 is 1.79 bits per heavy atom. The summed E-state index contributed by atoms with van der Waals surface area (Å²) in [7, 11) is 0. The molecule has 4 N–H and O–H groups in total. The Bertz CT molecular complexity index is 629. The van der Waals surface area contributed by atoms with E-state index in [0.29, 0.717) is 0 Å². The third-order valence-corrected chi connectivity index (χ3v) is 2.70. The molecule has 0 aliphatic rings. The summed E-state index contributed by atoms with van der Waals surface area (Å²) in [5.74, 6) is -0.321. The number of alkyl halides is 3. The van der Waals surface area contributed by atoms with Crippen molar-refractivity contribution in [1.82, 2.24) is 15.2 Å². The van der Waals surface area contributed by atoms with Gasteiger partial charge in [-0.2, -0.15) is 18.2 Å². The molecular weight excluding hydrogens is 283 g/mol. The molecule has 9 heteroatoms. The number of hydrogen-bond acceptors (Lipinski definition) is 5. The van der Waals surface area contributed by atoms with Gasteiger partial charge in [-0.05, 0) is 6.07 Å². The molecule has 0 saturated heterocycles. The molecule has 19 heavy (non-hydrogen) atoms. The van der Waals surface area contributed by atoms with Crippen LogP contribution in [0.2, 0.25) is 5.02 Å². The number of hydrogen-bond donors (Lipinski definition) is 2. The molecule has 0 aliphatic heterocycles. The summed E-state index contributed by atoms with van der Waals surface area (Å²) in [5, 5.41) is 6.55. The molecule has 0 amide bonds. The highest BCUT2D eigenvalue weighted by atomic mass is 35.5. The quantitative estimate of drug-likeness (QED) is 0.841. The Labute approximate surface area is 110 Å². The first-order chi connectivity index (χ1) is 8.80. The van der Waals surface area contributed by atoms with Crippen molar-refractivity contribution in [1.29, 1.82) is 0 Å². The second kappa shape index (κ2) is 4.54. The molecule has 0 fully saturated rings. The molecule has 0 unspecified atom stereocenters. The molecule has 0 spiro atoms. The van der Waals surface area contributed by atoms with Gasteiger partial charge < -0.3 is 11.5 Å². The molecule has 0 aliphatic carbocycles. The van der Waals surface area contributed by atoms with E-state index in [9.17, 15) is 13.2 Å². The zero-order valence-corrected chi connectivity index (χ0v) is 10.00. The molecule has 0 atom stereocenters. The fourth-order valence-corrected chi connectivity index (χ4v) is 1.80. The molecule has 0 saturated carbocycles. The highest BCUT2D eigenvalue weighted by Crippen LogP contribution is 2.39. The van der Waals surface area contributed by atoms with Crippen LogP contribution >= 0.6 is 11.6 Å². The minimum atomic E-state index is -4.57. The van der Waals surface area contributed by atoms with Crippen LogP contribution in [-0.2, 0) is 6.18 Å². The van der Waals surface area contributed by atoms with Gasteiger partial charge in [-0.3, -0.25) is 0 Å². The minimum absolute atomic E-state index is 0.00556. The summed E-state index contributed by atoms with van der Waals surface area (Å²) in [4.78, 5) is 3.62. The van der Waals surface area contributed by atoms with Gasteiger partial charge >= 0.3 is 6.18 Å². The van der Waals surface area contributed by atoms with Crippen molar-refractivity contribution >= 4 is 23.4 Å². The van der Waals surface area contributed by atoms with E-state index in [4.69, 9.17) is 23.1 Å². The van der Waals surface area contributed by atoms with E-state index in [2.05, 4.69) is 15.2 Å². The first-order valence-electron chi connectivity index (χ1n) is 4.92. The summed E-state index contributed by atoms with van der Waals surface area (Å²) < 4.78 is 38.2. The molecule has 1 aromatic heterocycles. The van der Waals surface area contributed by atoms with Crippen LogP contribution in [0.25, 0.3) is 11.3 Å². The minimum Gasteiger partial charge on any atom is -0.382 e. The van der Waals surface area contributed by atoms with Crippen LogP contribution in [0, 0.1) is 0 Å². The van der Waals surface area contributed by atoms with Gasteiger partial charge in [-0.1, -0.05) is 23.7 Å². The van der Waals surface area contributed by atoms with Crippen molar-refractivity contribution in [2.24, 2.45) is 0 Å². The van der Waals surface area contributed by atoms with E-state index in [-0.39, 0.29) is 23.0 Å². The molecule has 5 nitrogen and oxygen atoms in total. The molecule has 0 radical (unpaired) electrons. The lowest BCUT2D eigenvalue weighted by molar-refractivity contribution is -0.137. The zero-order chi connectivity index (χ0) is 14.2. The van der Waals surface area contributed by atoms with Crippen LogP contribution < -0.4 is 11.5 Å². The topological polar surface area (TPSA) is 90.7 Å². The highest BCUT2D eigenvalue weighted by molar-refractivity contribution is 6.34. The zero-order valence-electron chi connectivity index (χ0n) is 9.24. The van der Waals surface area contributed by atoms with Crippen molar-refractivity contribution in [3.63, 3.8) is 0 Å². The number of aromatic nitrogens is 3. The normalized spacial score (nSPS) is 11.6. The Hall–Kier alpha value is -2.09. The van der Waals surface area contributed by atoms with Crippen LogP contribution in [0.4, 0.5) is 24.9 Å². The number of halogens is 4. The number of rotatable bonds is 1. The second-order valence-electron chi connectivity index (χ2n) is 3.57. The SMILES string of the molecule is Nc1nnc(-c2cccc(C(F)(F)F)c2Cl)c(N)n1. The Morgan fingerprint density at radius 3 is 2.37 bits per heavy atom. The summed E-state index contributed by atoms with van der Waals surface area (Å²) in [6.07, 6.45) is -4.57. The smallest absolute Gasteiger partial charge is 0.382 e. The predicted octanol–water partition coefficient (Wildman–Crippen LogP) is 2.38. The van der Waals surface area contributed by atoms with E-state index in [1.54, 1.807) is 0 Å². The first kappa shape index (κ1) is 13.3. The van der Waals surface area contributed by atoms with Gasteiger partial charge in [-0.25, -0.2) is 0 Å². The summed E-state index contributed by atoms with van der Waals surface area (Å²) in [6.45, 7) is 0. The first-order valence-corrected chi connectivity index (χ1v) is 5.30. The lowest BCUT2D eigenvalue weighted by Gasteiger charge is -2.12. The van der Waals surface area contributed by atoms with Gasteiger partial charge in [0.1, 0.15) is 5.69 Å². The van der Waals surface area contributed by atoms with E-state index < -0.39 is 16.8 Å². The summed E-state index contributed by atoms with van der Waals surface area (Å²) in [5.41, 5.74) is 9.78. The molecule has 1 heterocycles. The average Bonchev–Trinajstić information content (AvgIpc) is 2.28. The van der Waals surface area contributed by atoms with Gasteiger partial charge in [-0.15, -0.1) is 10.2 Å². The summed E-state index contributed by atoms with van der Waals surface area (Å²) in [6, 6.07) is 3.40. The Kier molecular flexibility index (Phi) is 3.19. The fourth-order valence-electron chi connectivity index (χ4n) is 1.48. The van der Waals surface area contributed by atoms with E-state index in [0.717, 1.165) is 6.07 Å². The Morgan fingerprint density at radius 1 is 1.11 bits per heavy atom. The van der Waals surface area contributed by atoms with Crippen molar-refractivity contribution < 1.29 is 13.2 Å². The van der Waals surface area contributed by atoms with Crippen LogP contribution in [0.3, 0.4) is 0 Å². The maximum absolute atomic E-state index is 12.7. The van der Waals surface area contributed by atoms with Gasteiger partial charge in [0.2, 0.25) is 5.95 Å². The monoisotopic (exact) mass is 289 g/mol. The Balaban J connectivity index is 2.64. The molecular formula is C10H7ClF3N5. The lowest BCUT2D eigenvalue weighted by Crippen LogP contribution is -2.08. The lowest BCUT2D eigenvalue weighted by atomic mass is 10.1. The number of benzene rings is 1. The van der Waals surface area contributed by atoms with Crippen molar-refractivity contribution in [2.45, 2.75) is 6.18 Å². The molecule has 0 bridgehead atoms. The van der Waals surface area contributed by atoms with Crippen LogP contribution in [-0.4, -0.2) is 15.2 Å². The highest BCUT2D eigenvalue weighted by Gasteiger charge is 2.34. The van der Waals surface area contributed by atoms with Crippen molar-refractivity contribution in [3.05, 3.63) is 28.8 Å². The molecule has 2 rings (SSSR count). The second-order valence-corrected chi connectivity index (χ2v) is 3.95. The molecule has 100 valence electrons. The number of nitrogens with two attached hydrogens (primary N) is 2. The molecule has 2 aromatic rings. The van der Waals surface area contributed by atoms with Crippen LogP contribution in [0.15, 0.2) is 18.2 Å². The third kappa shape index (κ3) is 2.53. The average molecular weight is 290 g/mol. The standard InChI is InChI=1S/C10H7ClF3N5/c11-6-4(2-1-3-5(6)10(12,13)14)7-8(15)17-9(16)19-18-7/h1-3H,(H4,15,16,17,19). The van der Waals surface area contributed by atoms with Crippen molar-refractivity contribution in [2.75, 3.05) is 11.5 Å². The van der Waals surface area contributed by atoms with Gasteiger partial charge in [0, 0.05) is 5.56 Å². The largest absolute Gasteiger partial charge is 0.417 e. The third-order valence-electron chi connectivity index (χ3n) is 2.29. The van der Waals surface area contributed by atoms with Gasteiger partial charge in [0.05, 0.1) is 10.6 Å². The maximum Gasteiger partial charge on any atom is 0.417 e. The maximum atomic E-state index is 12.7.